The number of carbonyl (C=O) groups is 2. The van der Waals surface area contributed by atoms with Crippen LogP contribution in [0.1, 0.15) is 23.2 Å². The minimum absolute atomic E-state index is 0.0254. The Bertz CT molecular complexity index is 887. The molecule has 1 aliphatic heterocycles. The molecule has 0 spiro atoms. The van der Waals surface area contributed by atoms with Crippen LogP contribution in [0.15, 0.2) is 43.0 Å². The van der Waals surface area contributed by atoms with Gasteiger partial charge < -0.3 is 20.5 Å². The molecule has 2 aromatic rings. The molecule has 3 rings (SSSR count). The van der Waals surface area contributed by atoms with E-state index in [9.17, 15) is 9.59 Å². The number of primary amides is 1. The van der Waals surface area contributed by atoms with Crippen molar-refractivity contribution < 1.29 is 19.1 Å². The largest absolute Gasteiger partial charge is 0.475 e. The fourth-order valence-electron chi connectivity index (χ4n) is 2.67. The highest BCUT2D eigenvalue weighted by atomic mass is 16.5. The van der Waals surface area contributed by atoms with E-state index in [-0.39, 0.29) is 23.3 Å². The van der Waals surface area contributed by atoms with Crippen LogP contribution in [-0.2, 0) is 4.79 Å². The number of pyridine rings is 1. The molecule has 1 atom stereocenters. The van der Waals surface area contributed by atoms with Crippen molar-refractivity contribution in [2.75, 3.05) is 6.61 Å². The number of benzene rings is 1. The standard InChI is InChI=1S/C18H17N3O4/c1-2-7-24-15-9-13-11(8-14(15)17(19)23)5-6-20-18(13)25-10-12-3-4-16(22)21-12/h5-9,12H,1,3-4,10H2,(H2,19,23)(H,21,22)/t12-/m0/s1. The number of aromatic nitrogens is 1. The summed E-state index contributed by atoms with van der Waals surface area (Å²) in [6.45, 7) is 3.73. The Morgan fingerprint density at radius 2 is 2.36 bits per heavy atom. The van der Waals surface area contributed by atoms with Crippen LogP contribution in [0.25, 0.3) is 10.8 Å². The Hall–Kier alpha value is -3.31. The topological polar surface area (TPSA) is 104 Å². The van der Waals surface area contributed by atoms with Gasteiger partial charge in [-0.15, -0.1) is 0 Å². The summed E-state index contributed by atoms with van der Waals surface area (Å²) < 4.78 is 11.1. The van der Waals surface area contributed by atoms with Crippen molar-refractivity contribution in [3.63, 3.8) is 0 Å². The van der Waals surface area contributed by atoms with E-state index in [2.05, 4.69) is 22.6 Å². The van der Waals surface area contributed by atoms with Crippen LogP contribution >= 0.6 is 0 Å². The third-order valence-electron chi connectivity index (χ3n) is 3.87. The number of nitrogens with two attached hydrogens (primary N) is 1. The fourth-order valence-corrected chi connectivity index (χ4v) is 2.67. The van der Waals surface area contributed by atoms with Crippen molar-refractivity contribution in [3.8, 4) is 11.6 Å². The predicted molar refractivity (Wildman–Crippen MR) is 91.3 cm³/mol. The van der Waals surface area contributed by atoms with Gasteiger partial charge in [0.15, 0.2) is 0 Å². The van der Waals surface area contributed by atoms with Gasteiger partial charge in [0, 0.05) is 18.0 Å². The summed E-state index contributed by atoms with van der Waals surface area (Å²) in [6, 6.07) is 4.97. The molecule has 1 fully saturated rings. The molecule has 2 amide bonds. The minimum Gasteiger partial charge on any atom is -0.475 e. The average molecular weight is 339 g/mol. The summed E-state index contributed by atoms with van der Waals surface area (Å²) in [5.74, 6) is 0.0741. The molecule has 7 heteroatoms. The molecule has 1 aliphatic rings. The lowest BCUT2D eigenvalue weighted by molar-refractivity contribution is -0.119. The minimum atomic E-state index is -0.609. The van der Waals surface area contributed by atoms with Gasteiger partial charge in [-0.05, 0) is 30.0 Å². The number of hydrogen-bond acceptors (Lipinski definition) is 5. The van der Waals surface area contributed by atoms with Crippen molar-refractivity contribution in [2.24, 2.45) is 5.73 Å². The Morgan fingerprint density at radius 1 is 1.52 bits per heavy atom. The van der Waals surface area contributed by atoms with Crippen molar-refractivity contribution in [1.29, 1.82) is 0 Å². The lowest BCUT2D eigenvalue weighted by Gasteiger charge is -2.14. The van der Waals surface area contributed by atoms with E-state index in [4.69, 9.17) is 15.2 Å². The highest BCUT2D eigenvalue weighted by Crippen LogP contribution is 2.31. The number of rotatable bonds is 6. The Morgan fingerprint density at radius 3 is 3.04 bits per heavy atom. The van der Waals surface area contributed by atoms with E-state index in [1.54, 1.807) is 24.4 Å². The molecule has 7 nitrogen and oxygen atoms in total. The molecule has 1 saturated heterocycles. The summed E-state index contributed by atoms with van der Waals surface area (Å²) in [4.78, 5) is 27.2. The number of carbonyl (C=O) groups excluding carboxylic acids is 2. The molecule has 0 bridgehead atoms. The van der Waals surface area contributed by atoms with Crippen LogP contribution < -0.4 is 20.5 Å². The zero-order valence-corrected chi connectivity index (χ0v) is 13.5. The van der Waals surface area contributed by atoms with Gasteiger partial charge in [0.05, 0.1) is 11.6 Å². The van der Waals surface area contributed by atoms with Gasteiger partial charge in [0.1, 0.15) is 18.6 Å². The number of hydrogen-bond donors (Lipinski definition) is 2. The second-order valence-electron chi connectivity index (χ2n) is 5.60. The number of nitrogens with one attached hydrogen (secondary N) is 1. The van der Waals surface area contributed by atoms with E-state index in [1.165, 1.54) is 6.26 Å². The van der Waals surface area contributed by atoms with Crippen LogP contribution in [0.4, 0.5) is 0 Å². The van der Waals surface area contributed by atoms with E-state index >= 15 is 0 Å². The summed E-state index contributed by atoms with van der Waals surface area (Å²) in [6.07, 6.45) is 4.05. The summed E-state index contributed by atoms with van der Waals surface area (Å²) in [5, 5.41) is 4.25. The molecule has 0 unspecified atom stereocenters. The van der Waals surface area contributed by atoms with Crippen molar-refractivity contribution in [1.82, 2.24) is 10.3 Å². The maximum atomic E-state index is 11.6. The molecule has 0 aliphatic carbocycles. The van der Waals surface area contributed by atoms with Gasteiger partial charge in [0.25, 0.3) is 5.91 Å². The Kier molecular flexibility index (Phi) is 4.68. The molecule has 3 N–H and O–H groups in total. The normalized spacial score (nSPS) is 16.2. The van der Waals surface area contributed by atoms with Gasteiger partial charge in [0.2, 0.25) is 11.8 Å². The number of ether oxygens (including phenoxy) is 2. The zero-order valence-electron chi connectivity index (χ0n) is 13.5. The monoisotopic (exact) mass is 339 g/mol. The maximum Gasteiger partial charge on any atom is 0.252 e. The number of amides is 2. The van der Waals surface area contributed by atoms with Gasteiger partial charge in [-0.3, -0.25) is 9.59 Å². The maximum absolute atomic E-state index is 11.6. The van der Waals surface area contributed by atoms with Crippen LogP contribution in [0.5, 0.6) is 11.6 Å². The highest BCUT2D eigenvalue weighted by molar-refractivity contribution is 6.01. The van der Waals surface area contributed by atoms with Crippen LogP contribution in [-0.4, -0.2) is 29.4 Å². The second kappa shape index (κ2) is 7.07. The van der Waals surface area contributed by atoms with E-state index < -0.39 is 5.91 Å². The molecule has 128 valence electrons. The third-order valence-corrected chi connectivity index (χ3v) is 3.87. The SMILES string of the molecule is C=C=COc1cc2c(OC[C@@H]3CCC(=O)N3)nccc2cc1C(N)=O. The van der Waals surface area contributed by atoms with Crippen LogP contribution in [0.2, 0.25) is 0 Å². The fraction of sp³-hybridized carbons (Fsp3) is 0.222. The smallest absolute Gasteiger partial charge is 0.252 e. The first-order valence-corrected chi connectivity index (χ1v) is 7.74. The van der Waals surface area contributed by atoms with E-state index in [1.807, 2.05) is 0 Å². The van der Waals surface area contributed by atoms with Gasteiger partial charge in [-0.2, -0.15) is 0 Å². The first-order valence-electron chi connectivity index (χ1n) is 7.74. The number of nitrogens with zero attached hydrogens (tertiary/aromatic N) is 1. The zero-order chi connectivity index (χ0) is 17.8. The summed E-state index contributed by atoms with van der Waals surface area (Å²) in [7, 11) is 0. The quantitative estimate of drug-likeness (QED) is 0.615. The van der Waals surface area contributed by atoms with Crippen LogP contribution in [0, 0.1) is 0 Å². The molecular weight excluding hydrogens is 322 g/mol. The summed E-state index contributed by atoms with van der Waals surface area (Å²) >= 11 is 0. The highest BCUT2D eigenvalue weighted by Gasteiger charge is 2.22. The van der Waals surface area contributed by atoms with Crippen LogP contribution in [0.3, 0.4) is 0 Å². The summed E-state index contributed by atoms with van der Waals surface area (Å²) in [5.41, 5.74) is 8.12. The molecule has 1 aromatic carbocycles. The van der Waals surface area contributed by atoms with Crippen molar-refractivity contribution in [2.45, 2.75) is 18.9 Å². The third kappa shape index (κ3) is 3.62. The van der Waals surface area contributed by atoms with Crippen molar-refractivity contribution in [3.05, 3.63) is 48.5 Å². The second-order valence-corrected chi connectivity index (χ2v) is 5.60. The lowest BCUT2D eigenvalue weighted by atomic mass is 10.1. The Labute approximate surface area is 144 Å². The average Bonchev–Trinajstić information content (AvgIpc) is 3.02. The predicted octanol–water partition coefficient (Wildman–Crippen LogP) is 1.67. The molecule has 25 heavy (non-hydrogen) atoms. The van der Waals surface area contributed by atoms with Gasteiger partial charge in [-0.25, -0.2) is 4.98 Å². The molecular formula is C18H17N3O4. The first kappa shape index (κ1) is 16.5. The van der Waals surface area contributed by atoms with Gasteiger partial charge >= 0.3 is 0 Å². The van der Waals surface area contributed by atoms with Crippen molar-refractivity contribution >= 4 is 22.6 Å². The Balaban J connectivity index is 1.94. The number of fused-ring (bicyclic) bond motifs is 1. The van der Waals surface area contributed by atoms with E-state index in [0.717, 1.165) is 11.8 Å². The van der Waals surface area contributed by atoms with Gasteiger partial charge in [-0.1, -0.05) is 12.3 Å². The van der Waals surface area contributed by atoms with E-state index in [0.29, 0.717) is 24.3 Å². The molecule has 0 saturated carbocycles. The molecule has 2 heterocycles. The first-order chi connectivity index (χ1) is 12.1. The lowest BCUT2D eigenvalue weighted by Crippen LogP contribution is -2.31. The molecule has 0 radical (unpaired) electrons. The molecule has 1 aromatic heterocycles.